The molecule has 1 unspecified atom stereocenters. The monoisotopic (exact) mass is 333 g/mol. The molecule has 0 saturated carbocycles. The number of hydrogen-bond acceptors (Lipinski definition) is 2. The van der Waals surface area contributed by atoms with Crippen LogP contribution in [0.2, 0.25) is 0 Å². The van der Waals surface area contributed by atoms with Gasteiger partial charge < -0.3 is 10.5 Å². The van der Waals surface area contributed by atoms with Gasteiger partial charge in [0.1, 0.15) is 11.5 Å². The molecule has 0 saturated heterocycles. The van der Waals surface area contributed by atoms with Gasteiger partial charge in [0.05, 0.1) is 0 Å². The standard InChI is InChI=1S/C17H20BrNO/c1-3-15(19)10-13-5-8-16(9-6-13)20-17-11-14(18)7-4-12(17)2/h4-9,11,15H,3,10,19H2,1-2H3. The Morgan fingerprint density at radius 1 is 1.15 bits per heavy atom. The molecule has 0 amide bonds. The Kier molecular flexibility index (Phi) is 5.21. The van der Waals surface area contributed by atoms with Crippen LogP contribution in [0.1, 0.15) is 24.5 Å². The van der Waals surface area contributed by atoms with Crippen molar-refractivity contribution in [2.24, 2.45) is 5.73 Å². The summed E-state index contributed by atoms with van der Waals surface area (Å²) in [5, 5.41) is 0. The van der Waals surface area contributed by atoms with Crippen LogP contribution < -0.4 is 10.5 Å². The largest absolute Gasteiger partial charge is 0.457 e. The lowest BCUT2D eigenvalue weighted by Gasteiger charge is -2.11. The van der Waals surface area contributed by atoms with Crippen molar-refractivity contribution in [3.63, 3.8) is 0 Å². The van der Waals surface area contributed by atoms with Crippen molar-refractivity contribution in [3.05, 3.63) is 58.1 Å². The van der Waals surface area contributed by atoms with Gasteiger partial charge in [0, 0.05) is 10.5 Å². The zero-order valence-electron chi connectivity index (χ0n) is 11.9. The van der Waals surface area contributed by atoms with Crippen LogP contribution in [-0.2, 0) is 6.42 Å². The van der Waals surface area contributed by atoms with Crippen LogP contribution >= 0.6 is 15.9 Å². The van der Waals surface area contributed by atoms with Crippen molar-refractivity contribution in [1.82, 2.24) is 0 Å². The highest BCUT2D eigenvalue weighted by Crippen LogP contribution is 2.28. The van der Waals surface area contributed by atoms with E-state index in [-0.39, 0.29) is 6.04 Å². The average molecular weight is 334 g/mol. The van der Waals surface area contributed by atoms with Crippen molar-refractivity contribution < 1.29 is 4.74 Å². The molecule has 0 heterocycles. The van der Waals surface area contributed by atoms with Gasteiger partial charge in [-0.15, -0.1) is 0 Å². The fourth-order valence-corrected chi connectivity index (χ4v) is 2.29. The average Bonchev–Trinajstić information content (AvgIpc) is 2.45. The highest BCUT2D eigenvalue weighted by molar-refractivity contribution is 9.10. The first kappa shape index (κ1) is 15.1. The number of benzene rings is 2. The fraction of sp³-hybridized carbons (Fsp3) is 0.294. The Morgan fingerprint density at radius 3 is 2.50 bits per heavy atom. The summed E-state index contributed by atoms with van der Waals surface area (Å²) in [5.74, 6) is 1.72. The van der Waals surface area contributed by atoms with Crippen molar-refractivity contribution in [1.29, 1.82) is 0 Å². The molecule has 0 bridgehead atoms. The molecule has 0 radical (unpaired) electrons. The van der Waals surface area contributed by atoms with Gasteiger partial charge >= 0.3 is 0 Å². The van der Waals surface area contributed by atoms with Crippen LogP contribution in [0.25, 0.3) is 0 Å². The summed E-state index contributed by atoms with van der Waals surface area (Å²) in [5.41, 5.74) is 8.33. The summed E-state index contributed by atoms with van der Waals surface area (Å²) in [6, 6.07) is 14.4. The van der Waals surface area contributed by atoms with Gasteiger partial charge in [-0.05, 0) is 55.2 Å². The molecule has 0 fully saturated rings. The smallest absolute Gasteiger partial charge is 0.131 e. The number of ether oxygens (including phenoxy) is 1. The summed E-state index contributed by atoms with van der Waals surface area (Å²) in [4.78, 5) is 0. The molecule has 2 aromatic rings. The van der Waals surface area contributed by atoms with Crippen molar-refractivity contribution in [3.8, 4) is 11.5 Å². The molecule has 2 rings (SSSR count). The van der Waals surface area contributed by atoms with Crippen molar-refractivity contribution in [2.75, 3.05) is 0 Å². The first-order valence-corrected chi connectivity index (χ1v) is 7.66. The van der Waals surface area contributed by atoms with Crippen LogP contribution in [-0.4, -0.2) is 6.04 Å². The molecular formula is C17H20BrNO. The van der Waals surface area contributed by atoms with E-state index in [1.54, 1.807) is 0 Å². The number of aryl methyl sites for hydroxylation is 1. The maximum atomic E-state index is 5.97. The molecule has 106 valence electrons. The van der Waals surface area contributed by atoms with E-state index >= 15 is 0 Å². The van der Waals surface area contributed by atoms with E-state index in [2.05, 4.69) is 35.0 Å². The van der Waals surface area contributed by atoms with E-state index in [1.807, 2.05) is 37.3 Å². The van der Waals surface area contributed by atoms with E-state index in [9.17, 15) is 0 Å². The second kappa shape index (κ2) is 6.91. The predicted molar refractivity (Wildman–Crippen MR) is 87.4 cm³/mol. The Morgan fingerprint density at radius 2 is 1.85 bits per heavy atom. The number of rotatable bonds is 5. The molecule has 20 heavy (non-hydrogen) atoms. The third-order valence-electron chi connectivity index (χ3n) is 3.32. The Bertz CT molecular complexity index is 566. The number of nitrogens with two attached hydrogens (primary N) is 1. The van der Waals surface area contributed by atoms with Gasteiger partial charge in [-0.1, -0.05) is 41.1 Å². The lowest BCUT2D eigenvalue weighted by Crippen LogP contribution is -2.21. The minimum atomic E-state index is 0.231. The van der Waals surface area contributed by atoms with E-state index in [0.717, 1.165) is 34.4 Å². The molecule has 3 heteroatoms. The fourth-order valence-electron chi connectivity index (χ4n) is 1.95. The Balaban J connectivity index is 2.09. The summed E-state index contributed by atoms with van der Waals surface area (Å²) in [6.07, 6.45) is 1.90. The second-order valence-electron chi connectivity index (χ2n) is 5.03. The number of halogens is 1. The second-order valence-corrected chi connectivity index (χ2v) is 5.94. The maximum absolute atomic E-state index is 5.97. The topological polar surface area (TPSA) is 35.2 Å². The molecule has 2 aromatic carbocycles. The molecule has 1 atom stereocenters. The quantitative estimate of drug-likeness (QED) is 0.850. The third kappa shape index (κ3) is 4.09. The van der Waals surface area contributed by atoms with Gasteiger partial charge in [0.2, 0.25) is 0 Å². The Labute approximate surface area is 129 Å². The van der Waals surface area contributed by atoms with Crippen LogP contribution in [0, 0.1) is 6.92 Å². The van der Waals surface area contributed by atoms with E-state index in [4.69, 9.17) is 10.5 Å². The predicted octanol–water partition coefficient (Wildman–Crippen LogP) is 4.83. The SMILES string of the molecule is CCC(N)Cc1ccc(Oc2cc(Br)ccc2C)cc1. The van der Waals surface area contributed by atoms with Gasteiger partial charge in [-0.2, -0.15) is 0 Å². The molecule has 0 aliphatic rings. The maximum Gasteiger partial charge on any atom is 0.131 e. The summed E-state index contributed by atoms with van der Waals surface area (Å²) < 4.78 is 6.93. The molecule has 0 aromatic heterocycles. The lowest BCUT2D eigenvalue weighted by atomic mass is 10.0. The van der Waals surface area contributed by atoms with Crippen LogP contribution in [0.5, 0.6) is 11.5 Å². The summed E-state index contributed by atoms with van der Waals surface area (Å²) in [6.45, 7) is 4.15. The first-order valence-electron chi connectivity index (χ1n) is 6.87. The third-order valence-corrected chi connectivity index (χ3v) is 3.82. The normalized spacial score (nSPS) is 12.2. The van der Waals surface area contributed by atoms with E-state index in [0.29, 0.717) is 0 Å². The van der Waals surface area contributed by atoms with Crippen LogP contribution in [0.4, 0.5) is 0 Å². The van der Waals surface area contributed by atoms with Crippen molar-refractivity contribution >= 4 is 15.9 Å². The van der Waals surface area contributed by atoms with Gasteiger partial charge in [-0.25, -0.2) is 0 Å². The summed E-state index contributed by atoms with van der Waals surface area (Å²) in [7, 11) is 0. The van der Waals surface area contributed by atoms with Gasteiger partial charge in [0.25, 0.3) is 0 Å². The molecule has 0 aliphatic carbocycles. The number of hydrogen-bond donors (Lipinski definition) is 1. The van der Waals surface area contributed by atoms with Crippen LogP contribution in [0.3, 0.4) is 0 Å². The van der Waals surface area contributed by atoms with E-state index < -0.39 is 0 Å². The molecular weight excluding hydrogens is 314 g/mol. The molecule has 2 nitrogen and oxygen atoms in total. The molecule has 2 N–H and O–H groups in total. The Hall–Kier alpha value is -1.32. The van der Waals surface area contributed by atoms with E-state index in [1.165, 1.54) is 5.56 Å². The molecule has 0 spiro atoms. The minimum absolute atomic E-state index is 0.231. The lowest BCUT2D eigenvalue weighted by molar-refractivity contribution is 0.478. The minimum Gasteiger partial charge on any atom is -0.457 e. The van der Waals surface area contributed by atoms with Gasteiger partial charge in [-0.3, -0.25) is 0 Å². The van der Waals surface area contributed by atoms with Gasteiger partial charge in [0.15, 0.2) is 0 Å². The van der Waals surface area contributed by atoms with Crippen molar-refractivity contribution in [2.45, 2.75) is 32.7 Å². The zero-order chi connectivity index (χ0) is 14.5. The highest BCUT2D eigenvalue weighted by Gasteiger charge is 2.04. The zero-order valence-corrected chi connectivity index (χ0v) is 13.5. The molecule has 0 aliphatic heterocycles. The highest BCUT2D eigenvalue weighted by atomic mass is 79.9. The first-order chi connectivity index (χ1) is 9.58. The van der Waals surface area contributed by atoms with Crippen LogP contribution in [0.15, 0.2) is 46.9 Å². The summed E-state index contributed by atoms with van der Waals surface area (Å²) >= 11 is 3.46.